The van der Waals surface area contributed by atoms with Crippen LogP contribution >= 0.6 is 0 Å². The normalized spacial score (nSPS) is 16.0. The molecule has 1 heterocycles. The topological polar surface area (TPSA) is 99.1 Å². The average Bonchev–Trinajstić information content (AvgIpc) is 2.49. The number of hydrogen-bond donors (Lipinski definition) is 2. The number of hydrogen-bond acceptors (Lipinski definition) is 4. The van der Waals surface area contributed by atoms with Crippen LogP contribution in [0.3, 0.4) is 0 Å². The Bertz CT molecular complexity index is 612. The minimum Gasteiger partial charge on any atom is -0.481 e. The number of nitrogens with zero attached hydrogens (tertiary/aromatic N) is 2. The van der Waals surface area contributed by atoms with E-state index in [2.05, 4.69) is 10.4 Å². The van der Waals surface area contributed by atoms with Crippen LogP contribution in [0, 0.1) is 0 Å². The van der Waals surface area contributed by atoms with E-state index in [1.807, 2.05) is 6.07 Å². The van der Waals surface area contributed by atoms with Crippen molar-refractivity contribution in [2.75, 3.05) is 7.05 Å². The van der Waals surface area contributed by atoms with Crippen LogP contribution in [0.4, 0.5) is 0 Å². The third kappa shape index (κ3) is 3.91. The molecule has 0 saturated heterocycles. The second kappa shape index (κ2) is 6.84. The zero-order chi connectivity index (χ0) is 16.1. The molecule has 22 heavy (non-hydrogen) atoms. The Morgan fingerprint density at radius 1 is 1.32 bits per heavy atom. The van der Waals surface area contributed by atoms with Gasteiger partial charge in [-0.25, -0.2) is 5.01 Å². The lowest BCUT2D eigenvalue weighted by Gasteiger charge is -2.22. The van der Waals surface area contributed by atoms with Crippen LogP contribution in [0.2, 0.25) is 0 Å². The van der Waals surface area contributed by atoms with Crippen LogP contribution < -0.4 is 5.32 Å². The van der Waals surface area contributed by atoms with Crippen LogP contribution in [0.25, 0.3) is 0 Å². The van der Waals surface area contributed by atoms with Crippen molar-refractivity contribution in [2.45, 2.75) is 25.3 Å². The van der Waals surface area contributed by atoms with Crippen molar-refractivity contribution >= 4 is 23.5 Å². The molecule has 1 atom stereocenters. The van der Waals surface area contributed by atoms with E-state index in [0.29, 0.717) is 5.56 Å². The summed E-state index contributed by atoms with van der Waals surface area (Å²) in [4.78, 5) is 34.6. The zero-order valence-electron chi connectivity index (χ0n) is 12.2. The molecule has 0 aromatic heterocycles. The Hall–Kier alpha value is -2.70. The predicted molar refractivity (Wildman–Crippen MR) is 79.0 cm³/mol. The van der Waals surface area contributed by atoms with Gasteiger partial charge in [-0.2, -0.15) is 5.10 Å². The van der Waals surface area contributed by atoms with Gasteiger partial charge in [0.15, 0.2) is 0 Å². The number of hydrazone groups is 1. The molecule has 0 aliphatic carbocycles. The second-order valence-electron chi connectivity index (χ2n) is 5.00. The van der Waals surface area contributed by atoms with Crippen molar-refractivity contribution in [3.8, 4) is 0 Å². The second-order valence-corrected chi connectivity index (χ2v) is 5.00. The number of rotatable bonds is 5. The molecule has 7 nitrogen and oxygen atoms in total. The van der Waals surface area contributed by atoms with E-state index < -0.39 is 17.9 Å². The first-order valence-corrected chi connectivity index (χ1v) is 6.89. The number of benzene rings is 1. The molecular weight excluding hydrogens is 286 g/mol. The molecule has 1 aromatic rings. The van der Waals surface area contributed by atoms with Crippen LogP contribution in [0.1, 0.15) is 30.9 Å². The minimum absolute atomic E-state index is 0.151. The largest absolute Gasteiger partial charge is 0.481 e. The van der Waals surface area contributed by atoms with Gasteiger partial charge in [0.1, 0.15) is 5.71 Å². The number of amides is 2. The van der Waals surface area contributed by atoms with Crippen molar-refractivity contribution in [2.24, 2.45) is 5.10 Å². The Kier molecular flexibility index (Phi) is 4.88. The van der Waals surface area contributed by atoms with Gasteiger partial charge in [-0.15, -0.1) is 0 Å². The smallest absolute Gasteiger partial charge is 0.305 e. The zero-order valence-corrected chi connectivity index (χ0v) is 12.2. The van der Waals surface area contributed by atoms with Crippen molar-refractivity contribution in [1.29, 1.82) is 0 Å². The van der Waals surface area contributed by atoms with E-state index >= 15 is 0 Å². The predicted octanol–water partition coefficient (Wildman–Crippen LogP) is 0.927. The fourth-order valence-corrected chi connectivity index (χ4v) is 2.19. The number of carbonyl (C=O) groups excluding carboxylic acids is 2. The van der Waals surface area contributed by atoms with Gasteiger partial charge in [0.2, 0.25) is 5.91 Å². The van der Waals surface area contributed by atoms with Crippen LogP contribution in [-0.4, -0.2) is 40.7 Å². The van der Waals surface area contributed by atoms with E-state index in [1.165, 1.54) is 7.05 Å². The fraction of sp³-hybridized carbons (Fsp3) is 0.333. The number of aliphatic carboxylic acids is 1. The molecule has 116 valence electrons. The quantitative estimate of drug-likeness (QED) is 0.845. The van der Waals surface area contributed by atoms with E-state index in [4.69, 9.17) is 5.11 Å². The molecule has 2 N–H and O–H groups in total. The Morgan fingerprint density at radius 2 is 2.00 bits per heavy atom. The Morgan fingerprint density at radius 3 is 2.59 bits per heavy atom. The highest BCUT2D eigenvalue weighted by Crippen LogP contribution is 2.17. The van der Waals surface area contributed by atoms with Gasteiger partial charge in [-0.3, -0.25) is 14.4 Å². The SMILES string of the molecule is CN1N=C(C(=O)NC(CC(=O)O)c2ccccc2)CCC1=O. The molecule has 1 aromatic carbocycles. The highest BCUT2D eigenvalue weighted by Gasteiger charge is 2.25. The van der Waals surface area contributed by atoms with Gasteiger partial charge in [0.05, 0.1) is 12.5 Å². The molecular formula is C15H17N3O4. The lowest BCUT2D eigenvalue weighted by molar-refractivity contribution is -0.137. The Balaban J connectivity index is 2.13. The van der Waals surface area contributed by atoms with E-state index in [9.17, 15) is 14.4 Å². The van der Waals surface area contributed by atoms with E-state index in [-0.39, 0.29) is 30.9 Å². The van der Waals surface area contributed by atoms with E-state index in [0.717, 1.165) is 5.01 Å². The monoisotopic (exact) mass is 303 g/mol. The minimum atomic E-state index is -1.01. The average molecular weight is 303 g/mol. The number of carboxylic acid groups (broad SMARTS) is 1. The molecule has 0 saturated carbocycles. The van der Waals surface area contributed by atoms with Gasteiger partial charge >= 0.3 is 5.97 Å². The Labute approximate surface area is 127 Å². The maximum absolute atomic E-state index is 12.2. The number of nitrogens with one attached hydrogen (secondary N) is 1. The van der Waals surface area contributed by atoms with Gasteiger partial charge in [0, 0.05) is 19.9 Å². The first-order valence-electron chi connectivity index (χ1n) is 6.89. The van der Waals surface area contributed by atoms with Crippen LogP contribution in [-0.2, 0) is 14.4 Å². The summed E-state index contributed by atoms with van der Waals surface area (Å²) in [5.41, 5.74) is 0.938. The van der Waals surface area contributed by atoms with Crippen molar-refractivity contribution in [1.82, 2.24) is 10.3 Å². The standard InChI is InChI=1S/C15H17N3O4/c1-18-13(19)8-7-11(17-18)15(22)16-12(9-14(20)21)10-5-3-2-4-6-10/h2-6,12H,7-9H2,1H3,(H,16,22)(H,20,21). The van der Waals surface area contributed by atoms with Crippen molar-refractivity contribution in [3.05, 3.63) is 35.9 Å². The lowest BCUT2D eigenvalue weighted by Crippen LogP contribution is -2.39. The summed E-state index contributed by atoms with van der Waals surface area (Å²) in [6.45, 7) is 0. The molecule has 1 unspecified atom stereocenters. The number of carboxylic acids is 1. The highest BCUT2D eigenvalue weighted by molar-refractivity contribution is 6.39. The number of carbonyl (C=O) groups is 3. The summed E-state index contributed by atoms with van der Waals surface area (Å²) in [6.07, 6.45) is 0.249. The van der Waals surface area contributed by atoms with Gasteiger partial charge in [-0.05, 0) is 5.56 Å². The first kappa shape index (κ1) is 15.7. The maximum atomic E-state index is 12.2. The molecule has 0 spiro atoms. The van der Waals surface area contributed by atoms with Crippen LogP contribution in [0.15, 0.2) is 35.4 Å². The summed E-state index contributed by atoms with van der Waals surface area (Å²) in [5.74, 6) is -1.61. The third-order valence-corrected chi connectivity index (χ3v) is 3.36. The summed E-state index contributed by atoms with van der Waals surface area (Å²) in [6, 6.07) is 8.24. The molecule has 0 bridgehead atoms. The molecule has 0 radical (unpaired) electrons. The molecule has 1 aliphatic rings. The molecule has 2 rings (SSSR count). The summed E-state index contributed by atoms with van der Waals surface area (Å²) in [5, 5.41) is 16.8. The van der Waals surface area contributed by atoms with Crippen molar-refractivity contribution in [3.63, 3.8) is 0 Å². The molecule has 7 heteroatoms. The summed E-state index contributed by atoms with van der Waals surface area (Å²) >= 11 is 0. The maximum Gasteiger partial charge on any atom is 0.305 e. The third-order valence-electron chi connectivity index (χ3n) is 3.36. The van der Waals surface area contributed by atoms with Crippen molar-refractivity contribution < 1.29 is 19.5 Å². The lowest BCUT2D eigenvalue weighted by atomic mass is 10.0. The molecule has 1 aliphatic heterocycles. The van der Waals surface area contributed by atoms with Gasteiger partial charge in [0.25, 0.3) is 5.91 Å². The fourth-order valence-electron chi connectivity index (χ4n) is 2.19. The summed E-state index contributed by atoms with van der Waals surface area (Å²) < 4.78 is 0. The molecule has 0 fully saturated rings. The van der Waals surface area contributed by atoms with Crippen LogP contribution in [0.5, 0.6) is 0 Å². The van der Waals surface area contributed by atoms with Gasteiger partial charge in [-0.1, -0.05) is 30.3 Å². The summed E-state index contributed by atoms with van der Waals surface area (Å²) in [7, 11) is 1.49. The van der Waals surface area contributed by atoms with E-state index in [1.54, 1.807) is 24.3 Å². The highest BCUT2D eigenvalue weighted by atomic mass is 16.4. The van der Waals surface area contributed by atoms with Gasteiger partial charge < -0.3 is 10.4 Å². The molecule has 2 amide bonds. The first-order chi connectivity index (χ1) is 10.5.